The number of hydrogen-bond acceptors (Lipinski definition) is 7. The number of anilines is 1. The van der Waals surface area contributed by atoms with Crippen molar-refractivity contribution in [2.24, 2.45) is 11.1 Å². The van der Waals surface area contributed by atoms with Crippen molar-refractivity contribution < 1.29 is 4.79 Å². The zero-order valence-electron chi connectivity index (χ0n) is 18.9. The highest BCUT2D eigenvalue weighted by molar-refractivity contribution is 7.16. The molecular formula is C26H26N4OS2. The second-order valence-electron chi connectivity index (χ2n) is 9.89. The fraction of sp³-hybridized carbons (Fsp3) is 0.423. The van der Waals surface area contributed by atoms with Crippen molar-refractivity contribution >= 4 is 33.5 Å². The summed E-state index contributed by atoms with van der Waals surface area (Å²) >= 11 is 3.16. The maximum Gasteiger partial charge on any atom is 0.162 e. The minimum absolute atomic E-state index is 0.0688. The Morgan fingerprint density at radius 3 is 2.64 bits per heavy atom. The maximum absolute atomic E-state index is 13.6. The normalized spacial score (nSPS) is 22.4. The lowest BCUT2D eigenvalue weighted by molar-refractivity contribution is -0.118. The molecule has 3 heterocycles. The third-order valence-corrected chi connectivity index (χ3v) is 8.95. The van der Waals surface area contributed by atoms with E-state index in [-0.39, 0.29) is 11.2 Å². The molecule has 0 radical (unpaired) electrons. The number of thiophene rings is 2. The van der Waals surface area contributed by atoms with Gasteiger partial charge in [-0.1, -0.05) is 20.3 Å². The molecule has 0 amide bonds. The number of Topliss-reactive ketones (excluding diaryl/α,β-unsaturated/α-hetero) is 1. The van der Waals surface area contributed by atoms with Crippen LogP contribution in [0.5, 0.6) is 0 Å². The number of fused-ring (bicyclic) bond motifs is 1. The number of carbonyl (C=O) groups excluding carboxylic acids is 1. The monoisotopic (exact) mass is 474 g/mol. The summed E-state index contributed by atoms with van der Waals surface area (Å²) < 4.78 is 0. The van der Waals surface area contributed by atoms with Gasteiger partial charge >= 0.3 is 0 Å². The van der Waals surface area contributed by atoms with E-state index in [0.29, 0.717) is 35.4 Å². The molecule has 5 nitrogen and oxygen atoms in total. The van der Waals surface area contributed by atoms with Crippen molar-refractivity contribution in [3.63, 3.8) is 0 Å². The first-order valence-electron chi connectivity index (χ1n) is 11.4. The Balaban J connectivity index is 1.78. The van der Waals surface area contributed by atoms with E-state index in [1.165, 1.54) is 11.3 Å². The number of hydrogen-bond donors (Lipinski definition) is 1. The fourth-order valence-electron chi connectivity index (χ4n) is 5.51. The van der Waals surface area contributed by atoms with Crippen LogP contribution in [-0.2, 0) is 17.6 Å². The molecule has 0 saturated heterocycles. The average Bonchev–Trinajstić information content (AvgIpc) is 3.34. The summed E-state index contributed by atoms with van der Waals surface area (Å²) in [7, 11) is 0. The number of aryl methyl sites for hydroxylation is 1. The van der Waals surface area contributed by atoms with Gasteiger partial charge in [-0.2, -0.15) is 21.9 Å². The van der Waals surface area contributed by atoms with Gasteiger partial charge in [0.2, 0.25) is 0 Å². The quantitative estimate of drug-likeness (QED) is 0.548. The third-order valence-electron chi connectivity index (χ3n) is 6.98. The van der Waals surface area contributed by atoms with E-state index < -0.39 is 5.92 Å². The first-order valence-corrected chi connectivity index (χ1v) is 13.1. The summed E-state index contributed by atoms with van der Waals surface area (Å²) in [4.78, 5) is 16.7. The van der Waals surface area contributed by atoms with Gasteiger partial charge in [-0.3, -0.25) is 9.69 Å². The Morgan fingerprint density at radius 1 is 1.15 bits per heavy atom. The molecule has 7 heteroatoms. The summed E-state index contributed by atoms with van der Waals surface area (Å²) in [5.41, 5.74) is 11.2. The minimum Gasteiger partial charge on any atom is -0.384 e. The molecule has 33 heavy (non-hydrogen) atoms. The van der Waals surface area contributed by atoms with E-state index in [0.717, 1.165) is 47.5 Å². The average molecular weight is 475 g/mol. The predicted molar refractivity (Wildman–Crippen MR) is 132 cm³/mol. The Kier molecular flexibility index (Phi) is 5.43. The van der Waals surface area contributed by atoms with Crippen molar-refractivity contribution in [2.45, 2.75) is 64.7 Å². The molecule has 0 saturated carbocycles. The van der Waals surface area contributed by atoms with Crippen LogP contribution in [0.2, 0.25) is 0 Å². The lowest BCUT2D eigenvalue weighted by atomic mass is 9.69. The molecule has 168 valence electrons. The van der Waals surface area contributed by atoms with Crippen LogP contribution in [0.25, 0.3) is 0 Å². The lowest BCUT2D eigenvalue weighted by Gasteiger charge is -2.43. The van der Waals surface area contributed by atoms with Gasteiger partial charge in [-0.25, -0.2) is 0 Å². The van der Waals surface area contributed by atoms with Crippen molar-refractivity contribution in [3.8, 4) is 12.1 Å². The van der Waals surface area contributed by atoms with Crippen LogP contribution in [0.4, 0.5) is 5.00 Å². The van der Waals surface area contributed by atoms with Gasteiger partial charge < -0.3 is 5.73 Å². The first kappa shape index (κ1) is 21.9. The molecule has 5 rings (SSSR count). The lowest BCUT2D eigenvalue weighted by Crippen LogP contribution is -2.42. The molecule has 0 fully saturated rings. The van der Waals surface area contributed by atoms with Crippen LogP contribution in [-0.4, -0.2) is 5.78 Å². The van der Waals surface area contributed by atoms with E-state index in [1.54, 1.807) is 22.7 Å². The molecule has 1 atom stereocenters. The van der Waals surface area contributed by atoms with Gasteiger partial charge in [0.25, 0.3) is 0 Å². The number of nitriles is 2. The van der Waals surface area contributed by atoms with Gasteiger partial charge in [0.1, 0.15) is 16.9 Å². The first-order chi connectivity index (χ1) is 15.9. The zero-order valence-corrected chi connectivity index (χ0v) is 20.5. The number of nitrogens with zero attached hydrogens (tertiary/aromatic N) is 3. The Labute approximate surface area is 202 Å². The molecule has 2 N–H and O–H groups in total. The highest BCUT2D eigenvalue weighted by atomic mass is 32.1. The zero-order chi connectivity index (χ0) is 23.3. The summed E-state index contributed by atoms with van der Waals surface area (Å²) in [5.74, 6) is -0.0235. The smallest absolute Gasteiger partial charge is 0.162 e. The standard InChI is InChI=1S/C26H26N4OS2/c1-26(2)10-19-23(20(31)11-26)22(15-8-9-32-14-15)18(13-28)24(29)30(19)25-17(12-27)16-6-4-3-5-7-21(16)33-25/h8-9,14,22H,3-7,10-11,29H2,1-2H3/t22-/m1/s1. The SMILES string of the molecule is CC1(C)CC(=O)C2=C(C1)N(c1sc3c(c1C#N)CCCCC3)C(N)=C(C#N)[C@H]2c1ccsc1. The fourth-order valence-corrected chi connectivity index (χ4v) is 7.58. The number of carbonyl (C=O) groups is 1. The van der Waals surface area contributed by atoms with E-state index in [2.05, 4.69) is 26.0 Å². The van der Waals surface area contributed by atoms with Gasteiger partial charge in [0, 0.05) is 22.6 Å². The second-order valence-corrected chi connectivity index (χ2v) is 11.8. The molecular weight excluding hydrogens is 448 g/mol. The third kappa shape index (κ3) is 3.51. The molecule has 2 aliphatic carbocycles. The molecule has 0 unspecified atom stereocenters. The van der Waals surface area contributed by atoms with Crippen molar-refractivity contribution in [2.75, 3.05) is 4.90 Å². The minimum atomic E-state index is -0.445. The maximum atomic E-state index is 13.6. The summed E-state index contributed by atoms with van der Waals surface area (Å²) in [6.45, 7) is 4.20. The second kappa shape index (κ2) is 8.17. The molecule has 2 aromatic rings. The van der Waals surface area contributed by atoms with Gasteiger partial charge in [-0.05, 0) is 65.5 Å². The van der Waals surface area contributed by atoms with Crippen LogP contribution < -0.4 is 10.6 Å². The van der Waals surface area contributed by atoms with E-state index in [1.807, 2.05) is 21.7 Å². The van der Waals surface area contributed by atoms with Crippen molar-refractivity contribution in [1.29, 1.82) is 10.5 Å². The summed E-state index contributed by atoms with van der Waals surface area (Å²) in [6, 6.07) is 6.75. The van der Waals surface area contributed by atoms with Crippen LogP contribution in [0, 0.1) is 28.1 Å². The Morgan fingerprint density at radius 2 is 1.94 bits per heavy atom. The van der Waals surface area contributed by atoms with Crippen LogP contribution >= 0.6 is 22.7 Å². The molecule has 2 aromatic heterocycles. The van der Waals surface area contributed by atoms with E-state index in [4.69, 9.17) is 5.73 Å². The summed E-state index contributed by atoms with van der Waals surface area (Å²) in [6.07, 6.45) is 6.33. The van der Waals surface area contributed by atoms with Gasteiger partial charge in [0.05, 0.1) is 23.1 Å². The highest BCUT2D eigenvalue weighted by Gasteiger charge is 2.45. The number of nitrogens with two attached hydrogens (primary N) is 1. The molecule has 1 aliphatic heterocycles. The van der Waals surface area contributed by atoms with Crippen molar-refractivity contribution in [3.05, 3.63) is 61.1 Å². The summed E-state index contributed by atoms with van der Waals surface area (Å²) in [5, 5.41) is 25.1. The van der Waals surface area contributed by atoms with Crippen LogP contribution in [0.15, 0.2) is 39.5 Å². The Bertz CT molecular complexity index is 1280. The van der Waals surface area contributed by atoms with Crippen LogP contribution in [0.3, 0.4) is 0 Å². The molecule has 3 aliphatic rings. The molecule has 0 aromatic carbocycles. The van der Waals surface area contributed by atoms with E-state index >= 15 is 0 Å². The van der Waals surface area contributed by atoms with Gasteiger partial charge in [-0.15, -0.1) is 11.3 Å². The van der Waals surface area contributed by atoms with E-state index in [9.17, 15) is 15.3 Å². The van der Waals surface area contributed by atoms with Gasteiger partial charge in [0.15, 0.2) is 5.78 Å². The number of ketones is 1. The Hall–Kier alpha value is -2.87. The number of rotatable bonds is 2. The highest BCUT2D eigenvalue weighted by Crippen LogP contribution is 2.52. The van der Waals surface area contributed by atoms with Crippen molar-refractivity contribution in [1.82, 2.24) is 0 Å². The number of allylic oxidation sites excluding steroid dienone is 3. The topological polar surface area (TPSA) is 93.9 Å². The van der Waals surface area contributed by atoms with Crippen LogP contribution in [0.1, 0.15) is 73.4 Å². The molecule has 0 spiro atoms. The molecule has 0 bridgehead atoms. The largest absolute Gasteiger partial charge is 0.384 e. The predicted octanol–water partition coefficient (Wildman–Crippen LogP) is 5.89.